The van der Waals surface area contributed by atoms with Gasteiger partial charge in [0, 0.05) is 12.1 Å². The molecule has 4 rings (SSSR count). The number of rotatable bonds is 7. The first-order valence-electron chi connectivity index (χ1n) is 10.0. The molecule has 0 saturated heterocycles. The van der Waals surface area contributed by atoms with Crippen LogP contribution in [0.3, 0.4) is 0 Å². The summed E-state index contributed by atoms with van der Waals surface area (Å²) in [5.41, 5.74) is 2.48. The molecule has 1 aliphatic heterocycles. The fourth-order valence-electron chi connectivity index (χ4n) is 3.41. The van der Waals surface area contributed by atoms with Crippen LogP contribution in [0.1, 0.15) is 36.3 Å². The summed E-state index contributed by atoms with van der Waals surface area (Å²) in [6.07, 6.45) is 1.77. The third kappa shape index (κ3) is 4.42. The highest BCUT2D eigenvalue weighted by Gasteiger charge is 2.39. The van der Waals surface area contributed by atoms with E-state index in [-0.39, 0.29) is 17.1 Å². The molecule has 0 unspecified atom stereocenters. The first-order valence-corrected chi connectivity index (χ1v) is 13.1. The lowest BCUT2D eigenvalue weighted by atomic mass is 10.0. The molecule has 0 spiro atoms. The average Bonchev–Trinajstić information content (AvgIpc) is 3.44. The van der Waals surface area contributed by atoms with Gasteiger partial charge in [-0.25, -0.2) is 8.42 Å². The van der Waals surface area contributed by atoms with E-state index in [4.69, 9.17) is 4.42 Å². The van der Waals surface area contributed by atoms with Gasteiger partial charge in [0.2, 0.25) is 10.0 Å². The van der Waals surface area contributed by atoms with E-state index in [1.807, 2.05) is 6.92 Å². The van der Waals surface area contributed by atoms with Crippen LogP contribution in [0.15, 0.2) is 81.3 Å². The molecule has 32 heavy (non-hydrogen) atoms. The maximum atomic E-state index is 13.4. The van der Waals surface area contributed by atoms with Crippen LogP contribution in [-0.4, -0.2) is 32.7 Å². The number of anilines is 1. The van der Waals surface area contributed by atoms with Crippen molar-refractivity contribution in [2.45, 2.75) is 31.2 Å². The van der Waals surface area contributed by atoms with Crippen molar-refractivity contribution < 1.29 is 21.3 Å². The molecular formula is C22H23N3O5S2. The number of hydrogen-bond acceptors (Lipinski definition) is 6. The molecule has 1 atom stereocenters. The number of sulfonamides is 2. The molecule has 8 nitrogen and oxygen atoms in total. The molecule has 1 aliphatic rings. The second-order valence-corrected chi connectivity index (χ2v) is 11.3. The first kappa shape index (κ1) is 22.1. The van der Waals surface area contributed by atoms with E-state index in [9.17, 15) is 16.8 Å². The minimum Gasteiger partial charge on any atom is -0.467 e. The van der Waals surface area contributed by atoms with Crippen LogP contribution < -0.4 is 4.72 Å². The minimum absolute atomic E-state index is 0.0543. The summed E-state index contributed by atoms with van der Waals surface area (Å²) in [6, 6.07) is 16.1. The zero-order valence-electron chi connectivity index (χ0n) is 17.6. The summed E-state index contributed by atoms with van der Waals surface area (Å²) < 4.78 is 59.8. The van der Waals surface area contributed by atoms with Gasteiger partial charge in [-0.1, -0.05) is 29.8 Å². The van der Waals surface area contributed by atoms with E-state index in [1.54, 1.807) is 67.6 Å². The average molecular weight is 474 g/mol. The van der Waals surface area contributed by atoms with Crippen LogP contribution in [0.25, 0.3) is 0 Å². The number of benzene rings is 2. The zero-order valence-corrected chi connectivity index (χ0v) is 19.2. The van der Waals surface area contributed by atoms with Gasteiger partial charge < -0.3 is 4.42 Å². The normalized spacial score (nSPS) is 16.8. The number of hydrazone groups is 1. The third-order valence-electron chi connectivity index (χ3n) is 5.16. The lowest BCUT2D eigenvalue weighted by molar-refractivity contribution is 0.320. The van der Waals surface area contributed by atoms with Gasteiger partial charge in [0.1, 0.15) is 11.8 Å². The van der Waals surface area contributed by atoms with Gasteiger partial charge in [0.15, 0.2) is 0 Å². The van der Waals surface area contributed by atoms with Gasteiger partial charge in [-0.3, -0.25) is 4.72 Å². The summed E-state index contributed by atoms with van der Waals surface area (Å²) >= 11 is 0. The SMILES string of the molecule is CCS(=O)(=O)Nc1cccc(C2=NN(S(=O)(=O)c3ccc(C)cc3)[C@@H](c3ccco3)C2)c1. The second-order valence-electron chi connectivity index (χ2n) is 7.46. The Labute approximate surface area is 187 Å². The molecule has 0 amide bonds. The molecule has 2 heterocycles. The monoisotopic (exact) mass is 473 g/mol. The van der Waals surface area contributed by atoms with Gasteiger partial charge in [-0.2, -0.15) is 17.9 Å². The quantitative estimate of drug-likeness (QED) is 0.560. The Morgan fingerprint density at radius 1 is 1.06 bits per heavy atom. The zero-order chi connectivity index (χ0) is 22.9. The molecule has 168 valence electrons. The number of nitrogens with one attached hydrogen (secondary N) is 1. The van der Waals surface area contributed by atoms with Crippen LogP contribution in [0, 0.1) is 6.92 Å². The van der Waals surface area contributed by atoms with Gasteiger partial charge in [-0.15, -0.1) is 0 Å². The van der Waals surface area contributed by atoms with Crippen LogP contribution in [0.4, 0.5) is 5.69 Å². The van der Waals surface area contributed by atoms with Crippen molar-refractivity contribution in [3.05, 3.63) is 83.8 Å². The Kier molecular flexibility index (Phi) is 5.83. The summed E-state index contributed by atoms with van der Waals surface area (Å²) in [4.78, 5) is 0.133. The first-order chi connectivity index (χ1) is 15.2. The number of furan rings is 1. The van der Waals surface area contributed by atoms with Gasteiger partial charge in [-0.05, 0) is 55.8 Å². The van der Waals surface area contributed by atoms with Crippen LogP contribution >= 0.6 is 0 Å². The van der Waals surface area contributed by atoms with Crippen molar-refractivity contribution in [3.8, 4) is 0 Å². The Morgan fingerprint density at radius 3 is 2.47 bits per heavy atom. The predicted molar refractivity (Wildman–Crippen MR) is 122 cm³/mol. The second kappa shape index (κ2) is 8.44. The molecule has 1 aromatic heterocycles. The molecule has 0 radical (unpaired) electrons. The van der Waals surface area contributed by atoms with E-state index < -0.39 is 26.1 Å². The molecule has 0 aliphatic carbocycles. The molecule has 1 N–H and O–H groups in total. The Morgan fingerprint density at radius 2 is 1.81 bits per heavy atom. The van der Waals surface area contributed by atoms with E-state index in [0.29, 0.717) is 22.7 Å². The van der Waals surface area contributed by atoms with Crippen LogP contribution in [0.2, 0.25) is 0 Å². The van der Waals surface area contributed by atoms with E-state index >= 15 is 0 Å². The number of aryl methyl sites for hydroxylation is 1. The maximum absolute atomic E-state index is 13.4. The lowest BCUT2D eigenvalue weighted by Gasteiger charge is -2.21. The highest BCUT2D eigenvalue weighted by molar-refractivity contribution is 7.92. The summed E-state index contributed by atoms with van der Waals surface area (Å²) in [7, 11) is -7.38. The fraction of sp³-hybridized carbons (Fsp3) is 0.227. The molecular weight excluding hydrogens is 450 g/mol. The summed E-state index contributed by atoms with van der Waals surface area (Å²) in [5, 5.41) is 4.45. The maximum Gasteiger partial charge on any atom is 0.279 e. The largest absolute Gasteiger partial charge is 0.467 e. The molecule has 10 heteroatoms. The number of nitrogens with zero attached hydrogens (tertiary/aromatic N) is 2. The standard InChI is InChI=1S/C22H23N3O5S2/c1-3-31(26,27)24-18-7-4-6-17(14-18)20-15-21(22-8-5-13-30-22)25(23-20)32(28,29)19-11-9-16(2)10-12-19/h4-14,21,24H,3,15H2,1-2H3/t21-/m1/s1. The highest BCUT2D eigenvalue weighted by atomic mass is 32.2. The molecule has 2 aromatic carbocycles. The number of hydrogen-bond donors (Lipinski definition) is 1. The van der Waals surface area contributed by atoms with E-state index in [1.165, 1.54) is 6.26 Å². The Hall–Kier alpha value is -3.11. The smallest absolute Gasteiger partial charge is 0.279 e. The Balaban J connectivity index is 1.74. The van der Waals surface area contributed by atoms with Gasteiger partial charge >= 0.3 is 0 Å². The van der Waals surface area contributed by atoms with Gasteiger partial charge in [0.05, 0.1) is 22.6 Å². The molecule has 0 saturated carbocycles. The molecule has 0 fully saturated rings. The minimum atomic E-state index is -3.94. The van der Waals surface area contributed by atoms with Crippen molar-refractivity contribution in [1.82, 2.24) is 4.41 Å². The fourth-order valence-corrected chi connectivity index (χ4v) is 5.46. The van der Waals surface area contributed by atoms with Crippen LogP contribution in [0.5, 0.6) is 0 Å². The summed E-state index contributed by atoms with van der Waals surface area (Å²) in [5.74, 6) is 0.420. The van der Waals surface area contributed by atoms with Crippen molar-refractivity contribution in [2.24, 2.45) is 5.10 Å². The van der Waals surface area contributed by atoms with E-state index in [2.05, 4.69) is 9.82 Å². The predicted octanol–water partition coefficient (Wildman–Crippen LogP) is 3.89. The van der Waals surface area contributed by atoms with Crippen molar-refractivity contribution in [1.29, 1.82) is 0 Å². The van der Waals surface area contributed by atoms with Crippen molar-refractivity contribution >= 4 is 31.4 Å². The van der Waals surface area contributed by atoms with Crippen LogP contribution in [-0.2, 0) is 20.0 Å². The highest BCUT2D eigenvalue weighted by Crippen LogP contribution is 2.37. The molecule has 0 bridgehead atoms. The summed E-state index contributed by atoms with van der Waals surface area (Å²) in [6.45, 7) is 3.43. The topological polar surface area (TPSA) is 109 Å². The molecule has 3 aromatic rings. The van der Waals surface area contributed by atoms with Crippen molar-refractivity contribution in [3.63, 3.8) is 0 Å². The lowest BCUT2D eigenvalue weighted by Crippen LogP contribution is -2.27. The van der Waals surface area contributed by atoms with Crippen molar-refractivity contribution in [2.75, 3.05) is 10.5 Å². The third-order valence-corrected chi connectivity index (χ3v) is 8.16. The van der Waals surface area contributed by atoms with Gasteiger partial charge in [0.25, 0.3) is 10.0 Å². The van der Waals surface area contributed by atoms with E-state index in [0.717, 1.165) is 9.98 Å². The Bertz CT molecular complexity index is 1350.